The summed E-state index contributed by atoms with van der Waals surface area (Å²) in [5.41, 5.74) is 1.06. The van der Waals surface area contributed by atoms with Crippen LogP contribution in [0.3, 0.4) is 0 Å². The first-order valence-electron chi connectivity index (χ1n) is 12.5. The maximum Gasteiger partial charge on any atom is 0.350 e. The number of piperidine rings is 3. The molecule has 2 atom stereocenters. The van der Waals surface area contributed by atoms with Crippen molar-refractivity contribution in [3.8, 4) is 5.88 Å². The van der Waals surface area contributed by atoms with Crippen molar-refractivity contribution in [3.63, 3.8) is 0 Å². The number of methoxy groups -OCH3 is 2. The largest absolute Gasteiger partial charge is 0.481 e. The number of thiophene rings is 2. The Morgan fingerprint density at radius 3 is 2.58 bits per heavy atom. The maximum atomic E-state index is 13.7. The van der Waals surface area contributed by atoms with Crippen LogP contribution in [0.2, 0.25) is 0 Å². The number of Topliss-reactive ketones (excluding diaryl/α,β-unsaturated/α-hetero) is 1. The zero-order chi connectivity index (χ0) is 26.7. The summed E-state index contributed by atoms with van der Waals surface area (Å²) in [4.78, 5) is 44.3. The molecule has 0 radical (unpaired) electrons. The molecule has 200 valence electrons. The lowest BCUT2D eigenvalue weighted by Gasteiger charge is -2.51. The average Bonchev–Trinajstić information content (AvgIpc) is 3.64. The first-order valence-corrected chi connectivity index (χ1v) is 14.2. The topological polar surface area (TPSA) is 104 Å². The van der Waals surface area contributed by atoms with Crippen LogP contribution in [0.25, 0.3) is 0 Å². The normalized spacial score (nSPS) is 22.9. The van der Waals surface area contributed by atoms with E-state index in [1.54, 1.807) is 29.8 Å². The first-order chi connectivity index (χ1) is 18.4. The number of carbonyl (C=O) groups excluding carboxylic acids is 3. The number of ether oxygens (including phenoxy) is 3. The first kappa shape index (κ1) is 26.3. The Morgan fingerprint density at radius 2 is 1.92 bits per heavy atom. The number of carbonyl (C=O) groups is 3. The molecule has 1 unspecified atom stereocenters. The Balaban J connectivity index is 1.35. The van der Waals surface area contributed by atoms with Crippen molar-refractivity contribution in [2.45, 2.75) is 25.0 Å². The molecule has 1 N–H and O–H groups in total. The molecule has 6 rings (SSSR count). The van der Waals surface area contributed by atoms with Crippen molar-refractivity contribution in [2.24, 2.45) is 5.92 Å². The Labute approximate surface area is 228 Å². The van der Waals surface area contributed by atoms with Gasteiger partial charge in [0.1, 0.15) is 18.0 Å². The molecule has 6 heterocycles. The summed E-state index contributed by atoms with van der Waals surface area (Å²) in [5, 5.41) is 6.86. The van der Waals surface area contributed by atoms with Crippen molar-refractivity contribution in [3.05, 3.63) is 62.6 Å². The minimum Gasteiger partial charge on any atom is -0.481 e. The molecule has 38 heavy (non-hydrogen) atoms. The summed E-state index contributed by atoms with van der Waals surface area (Å²) in [6, 6.07) is 8.02. The number of ketones is 1. The van der Waals surface area contributed by atoms with Crippen molar-refractivity contribution in [1.82, 2.24) is 4.98 Å². The van der Waals surface area contributed by atoms with Gasteiger partial charge in [-0.2, -0.15) is 0 Å². The van der Waals surface area contributed by atoms with Gasteiger partial charge in [0, 0.05) is 36.6 Å². The van der Waals surface area contributed by atoms with Gasteiger partial charge >= 0.3 is 11.9 Å². The quantitative estimate of drug-likeness (QED) is 0.225. The second-order valence-corrected chi connectivity index (χ2v) is 11.6. The van der Waals surface area contributed by atoms with E-state index < -0.39 is 18.0 Å². The lowest BCUT2D eigenvalue weighted by atomic mass is 9.83. The van der Waals surface area contributed by atoms with E-state index in [1.165, 1.54) is 36.9 Å². The number of quaternary nitrogens is 1. The van der Waals surface area contributed by atoms with E-state index >= 15 is 0 Å². The highest BCUT2D eigenvalue weighted by atomic mass is 32.1. The molecular weight excluding hydrogens is 526 g/mol. The van der Waals surface area contributed by atoms with Gasteiger partial charge in [0.05, 0.1) is 37.9 Å². The van der Waals surface area contributed by atoms with Crippen LogP contribution in [-0.4, -0.2) is 73.7 Å². The van der Waals surface area contributed by atoms with Crippen molar-refractivity contribution in [1.29, 1.82) is 0 Å². The summed E-state index contributed by atoms with van der Waals surface area (Å²) in [6.45, 7) is 2.87. The predicted molar refractivity (Wildman–Crippen MR) is 144 cm³/mol. The monoisotopic (exact) mass is 556 g/mol. The fourth-order valence-corrected chi connectivity index (χ4v) is 6.84. The molecule has 9 nitrogen and oxygen atoms in total. The third kappa shape index (κ3) is 5.45. The molecule has 3 saturated heterocycles. The second-order valence-electron chi connectivity index (χ2n) is 9.71. The van der Waals surface area contributed by atoms with E-state index in [1.807, 2.05) is 17.5 Å². The van der Waals surface area contributed by atoms with Gasteiger partial charge in [-0.1, -0.05) is 6.07 Å². The highest BCUT2D eigenvalue weighted by molar-refractivity contribution is 7.12. The third-order valence-electron chi connectivity index (χ3n) is 7.46. The fourth-order valence-electron chi connectivity index (χ4n) is 5.40. The molecule has 0 aromatic carbocycles. The van der Waals surface area contributed by atoms with Gasteiger partial charge in [-0.05, 0) is 29.0 Å². The number of esters is 2. The molecule has 3 aromatic rings. The predicted octanol–water partition coefficient (Wildman–Crippen LogP) is 4.19. The Hall–Kier alpha value is -3.28. The molecule has 3 aromatic heterocycles. The third-order valence-corrected chi connectivity index (χ3v) is 9.26. The molecule has 0 spiro atoms. The van der Waals surface area contributed by atoms with Crippen LogP contribution >= 0.6 is 22.7 Å². The van der Waals surface area contributed by atoms with E-state index in [0.717, 1.165) is 30.8 Å². The zero-order valence-electron chi connectivity index (χ0n) is 21.3. The molecule has 11 heteroatoms. The minimum atomic E-state index is -0.900. The van der Waals surface area contributed by atoms with Crippen LogP contribution in [0.1, 0.15) is 43.8 Å². The van der Waals surface area contributed by atoms with E-state index in [0.29, 0.717) is 39.6 Å². The van der Waals surface area contributed by atoms with E-state index in [2.05, 4.69) is 10.3 Å². The van der Waals surface area contributed by atoms with Crippen LogP contribution in [0, 0.1) is 5.92 Å². The lowest BCUT2D eigenvalue weighted by molar-refractivity contribution is -0.938. The summed E-state index contributed by atoms with van der Waals surface area (Å²) in [7, 11) is 2.84. The molecule has 3 aliphatic rings. The lowest BCUT2D eigenvalue weighted by Crippen LogP contribution is -2.65. The fraction of sp³-hybridized carbons (Fsp3) is 0.407. The van der Waals surface area contributed by atoms with Gasteiger partial charge in [0.15, 0.2) is 12.1 Å². The molecule has 2 bridgehead atoms. The average molecular weight is 557 g/mol. The number of hydrogen-bond donors (Lipinski definition) is 1. The van der Waals surface area contributed by atoms with Gasteiger partial charge in [-0.3, -0.25) is 4.79 Å². The Bertz CT molecular complexity index is 1280. The Morgan fingerprint density at radius 1 is 1.11 bits per heavy atom. The number of rotatable bonds is 10. The SMILES string of the molecule is COC(=O)c1sccc1NC(C(=O)O[C@H]1C[N+]2(CC(=O)c3cccs3)CCC1CC2)c1ccc(OC)nc1. The van der Waals surface area contributed by atoms with Crippen LogP contribution in [0.15, 0.2) is 47.3 Å². The van der Waals surface area contributed by atoms with Gasteiger partial charge in [0.25, 0.3) is 0 Å². The number of nitrogens with one attached hydrogen (secondary N) is 1. The highest BCUT2D eigenvalue weighted by Gasteiger charge is 2.49. The zero-order valence-corrected chi connectivity index (χ0v) is 22.9. The summed E-state index contributed by atoms with van der Waals surface area (Å²) in [5.74, 6) is -0.118. The van der Waals surface area contributed by atoms with E-state index in [4.69, 9.17) is 14.2 Å². The number of anilines is 1. The molecule has 3 aliphatic heterocycles. The van der Waals surface area contributed by atoms with Crippen molar-refractivity contribution < 1.29 is 33.1 Å². The van der Waals surface area contributed by atoms with Gasteiger partial charge in [-0.25, -0.2) is 14.6 Å². The number of pyridine rings is 1. The summed E-state index contributed by atoms with van der Waals surface area (Å²) in [6.07, 6.45) is 3.09. The van der Waals surface area contributed by atoms with Gasteiger partial charge < -0.3 is 24.0 Å². The van der Waals surface area contributed by atoms with Crippen LogP contribution < -0.4 is 10.1 Å². The van der Waals surface area contributed by atoms with E-state index in [9.17, 15) is 14.4 Å². The Kier molecular flexibility index (Phi) is 7.78. The molecule has 0 aliphatic carbocycles. The number of fused-ring (bicyclic) bond motifs is 3. The molecule has 0 amide bonds. The highest BCUT2D eigenvalue weighted by Crippen LogP contribution is 2.37. The van der Waals surface area contributed by atoms with E-state index in [-0.39, 0.29) is 17.8 Å². The van der Waals surface area contributed by atoms with Crippen molar-refractivity contribution >= 4 is 46.1 Å². The van der Waals surface area contributed by atoms with Crippen LogP contribution in [0.5, 0.6) is 5.88 Å². The number of nitrogens with zero attached hydrogens (tertiary/aromatic N) is 2. The summed E-state index contributed by atoms with van der Waals surface area (Å²) < 4.78 is 16.9. The maximum absolute atomic E-state index is 13.7. The number of aromatic nitrogens is 1. The van der Waals surface area contributed by atoms with Gasteiger partial charge in [0.2, 0.25) is 11.7 Å². The van der Waals surface area contributed by atoms with Crippen LogP contribution in [-0.2, 0) is 14.3 Å². The standard InChI is InChI=1S/C27H29N3O6S2/c1-34-23-6-5-18(14-28-23)24(29-19-9-13-38-25(19)27(33)35-2)26(32)36-21-16-30(10-7-17(21)8-11-30)15-20(31)22-4-3-12-37-22/h3-6,9,12-14,17,21,24H,7-8,10-11,15-16H2,1-2H3/p+1/t17?,21-,24?,30?/m0/s1. The van der Waals surface area contributed by atoms with Gasteiger partial charge in [-0.15, -0.1) is 22.7 Å². The smallest absolute Gasteiger partial charge is 0.350 e. The molecular formula is C27H30N3O6S2+. The molecule has 3 fully saturated rings. The number of hydrogen-bond acceptors (Lipinski definition) is 10. The van der Waals surface area contributed by atoms with Crippen LogP contribution in [0.4, 0.5) is 5.69 Å². The summed E-state index contributed by atoms with van der Waals surface area (Å²) >= 11 is 2.69. The minimum absolute atomic E-state index is 0.141. The molecule has 0 saturated carbocycles. The van der Waals surface area contributed by atoms with Crippen molar-refractivity contribution in [2.75, 3.05) is 45.7 Å². The second kappa shape index (κ2) is 11.2.